The van der Waals surface area contributed by atoms with Crippen LogP contribution >= 0.6 is 0 Å². The van der Waals surface area contributed by atoms with Gasteiger partial charge in [-0.15, -0.1) is 0 Å². The number of nitrogens with zero attached hydrogens (tertiary/aromatic N) is 2. The first-order chi connectivity index (χ1) is 7.97. The summed E-state index contributed by atoms with van der Waals surface area (Å²) in [6, 6.07) is 0. The molecule has 1 heterocycles. The van der Waals surface area contributed by atoms with Crippen LogP contribution in [0.2, 0.25) is 0 Å². The van der Waals surface area contributed by atoms with Crippen molar-refractivity contribution in [1.82, 2.24) is 9.97 Å². The average molecular weight is 256 g/mol. The van der Waals surface area contributed by atoms with Crippen LogP contribution in [-0.4, -0.2) is 36.7 Å². The molecular formula is C10H12N2O4S. The average Bonchev–Trinajstić information content (AvgIpc) is 2.22. The SMILES string of the molecule is CS(=O)(=O)c1ncc(C(=O)OC2CCC2)cn1. The summed E-state index contributed by atoms with van der Waals surface area (Å²) in [4.78, 5) is 18.8. The van der Waals surface area contributed by atoms with Crippen LogP contribution in [0.3, 0.4) is 0 Å². The molecule has 0 radical (unpaired) electrons. The van der Waals surface area contributed by atoms with Gasteiger partial charge in [-0.25, -0.2) is 23.2 Å². The van der Waals surface area contributed by atoms with E-state index in [0.29, 0.717) is 0 Å². The third kappa shape index (κ3) is 2.79. The molecule has 1 aromatic heterocycles. The molecule has 92 valence electrons. The van der Waals surface area contributed by atoms with Crippen LogP contribution in [0.4, 0.5) is 0 Å². The summed E-state index contributed by atoms with van der Waals surface area (Å²) in [6.45, 7) is 0. The van der Waals surface area contributed by atoms with E-state index < -0.39 is 15.8 Å². The van der Waals surface area contributed by atoms with Crippen molar-refractivity contribution in [3.63, 3.8) is 0 Å². The summed E-state index contributed by atoms with van der Waals surface area (Å²) in [5, 5.41) is -0.294. The zero-order valence-electron chi connectivity index (χ0n) is 9.29. The van der Waals surface area contributed by atoms with Gasteiger partial charge in [0.05, 0.1) is 5.56 Å². The quantitative estimate of drug-likeness (QED) is 0.581. The van der Waals surface area contributed by atoms with Crippen LogP contribution in [0.5, 0.6) is 0 Å². The molecule has 0 amide bonds. The van der Waals surface area contributed by atoms with Gasteiger partial charge in [-0.1, -0.05) is 0 Å². The molecule has 17 heavy (non-hydrogen) atoms. The Morgan fingerprint density at radius 2 is 1.94 bits per heavy atom. The van der Waals surface area contributed by atoms with Crippen LogP contribution in [0.1, 0.15) is 29.6 Å². The van der Waals surface area contributed by atoms with E-state index in [1.54, 1.807) is 0 Å². The topological polar surface area (TPSA) is 86.2 Å². The van der Waals surface area contributed by atoms with Crippen molar-refractivity contribution >= 4 is 15.8 Å². The number of rotatable bonds is 3. The van der Waals surface area contributed by atoms with Gasteiger partial charge in [-0.2, -0.15) is 0 Å². The Hall–Kier alpha value is -1.50. The molecule has 1 fully saturated rings. The van der Waals surface area contributed by atoms with Gasteiger partial charge in [0, 0.05) is 18.6 Å². The second-order valence-electron chi connectivity index (χ2n) is 3.98. The largest absolute Gasteiger partial charge is 0.459 e. The van der Waals surface area contributed by atoms with Crippen LogP contribution < -0.4 is 0 Å². The summed E-state index contributed by atoms with van der Waals surface area (Å²) in [7, 11) is -3.44. The number of carbonyl (C=O) groups is 1. The molecule has 1 aromatic rings. The molecule has 0 aromatic carbocycles. The van der Waals surface area contributed by atoms with Crippen molar-refractivity contribution < 1.29 is 17.9 Å². The minimum absolute atomic E-state index is 0.0166. The number of hydrogen-bond donors (Lipinski definition) is 0. The number of ether oxygens (including phenoxy) is 1. The van der Waals surface area contributed by atoms with E-state index in [1.807, 2.05) is 0 Å². The number of aromatic nitrogens is 2. The lowest BCUT2D eigenvalue weighted by atomic mass is 9.96. The van der Waals surface area contributed by atoms with E-state index in [-0.39, 0.29) is 16.8 Å². The number of esters is 1. The van der Waals surface area contributed by atoms with Gasteiger partial charge in [0.2, 0.25) is 15.0 Å². The van der Waals surface area contributed by atoms with Crippen LogP contribution in [0, 0.1) is 0 Å². The molecule has 0 bridgehead atoms. The zero-order chi connectivity index (χ0) is 12.5. The molecule has 0 N–H and O–H groups in total. The third-order valence-electron chi connectivity index (χ3n) is 2.52. The highest BCUT2D eigenvalue weighted by molar-refractivity contribution is 7.90. The lowest BCUT2D eigenvalue weighted by molar-refractivity contribution is 0.00889. The molecule has 6 nitrogen and oxygen atoms in total. The van der Waals surface area contributed by atoms with Crippen molar-refractivity contribution in [1.29, 1.82) is 0 Å². The highest BCUT2D eigenvalue weighted by Crippen LogP contribution is 2.22. The first-order valence-corrected chi connectivity index (χ1v) is 7.09. The van der Waals surface area contributed by atoms with Crippen LogP contribution in [0.15, 0.2) is 17.6 Å². The fraction of sp³-hybridized carbons (Fsp3) is 0.500. The fourth-order valence-corrected chi connectivity index (χ4v) is 1.81. The van der Waals surface area contributed by atoms with Gasteiger partial charge in [0.25, 0.3) is 0 Å². The summed E-state index contributed by atoms with van der Waals surface area (Å²) >= 11 is 0. The van der Waals surface area contributed by atoms with E-state index in [0.717, 1.165) is 25.5 Å². The molecule has 1 aliphatic carbocycles. The minimum atomic E-state index is -3.44. The van der Waals surface area contributed by atoms with Crippen LogP contribution in [0.25, 0.3) is 0 Å². The van der Waals surface area contributed by atoms with Gasteiger partial charge < -0.3 is 4.74 Å². The smallest absolute Gasteiger partial charge is 0.341 e. The summed E-state index contributed by atoms with van der Waals surface area (Å²) in [5.74, 6) is -0.505. The van der Waals surface area contributed by atoms with Crippen molar-refractivity contribution in [2.75, 3.05) is 6.26 Å². The Labute approximate surface area is 99.0 Å². The highest BCUT2D eigenvalue weighted by Gasteiger charge is 2.23. The van der Waals surface area contributed by atoms with E-state index in [4.69, 9.17) is 4.74 Å². The maximum Gasteiger partial charge on any atom is 0.341 e. The molecule has 0 atom stereocenters. The lowest BCUT2D eigenvalue weighted by Crippen LogP contribution is -2.25. The molecule has 7 heteroatoms. The predicted octanol–water partition coefficient (Wildman–Crippen LogP) is 0.589. The number of hydrogen-bond acceptors (Lipinski definition) is 6. The minimum Gasteiger partial charge on any atom is -0.459 e. The van der Waals surface area contributed by atoms with Crippen molar-refractivity contribution in [2.24, 2.45) is 0 Å². The summed E-state index contributed by atoms with van der Waals surface area (Å²) in [6.07, 6.45) is 6.17. The Balaban J connectivity index is 2.09. The van der Waals surface area contributed by atoms with Gasteiger partial charge in [-0.05, 0) is 19.3 Å². The zero-order valence-corrected chi connectivity index (χ0v) is 10.1. The molecule has 0 aliphatic heterocycles. The van der Waals surface area contributed by atoms with Gasteiger partial charge in [0.15, 0.2) is 0 Å². The van der Waals surface area contributed by atoms with Gasteiger partial charge in [-0.3, -0.25) is 0 Å². The van der Waals surface area contributed by atoms with Gasteiger partial charge >= 0.3 is 5.97 Å². The lowest BCUT2D eigenvalue weighted by Gasteiger charge is -2.24. The molecule has 1 aliphatic rings. The highest BCUT2D eigenvalue weighted by atomic mass is 32.2. The van der Waals surface area contributed by atoms with Gasteiger partial charge in [0.1, 0.15) is 6.10 Å². The fourth-order valence-electron chi connectivity index (χ4n) is 1.32. The maximum atomic E-state index is 11.6. The normalized spacial score (nSPS) is 16.3. The molecular weight excluding hydrogens is 244 g/mol. The summed E-state index contributed by atoms with van der Waals surface area (Å²) in [5.41, 5.74) is 0.171. The van der Waals surface area contributed by atoms with E-state index in [2.05, 4.69) is 9.97 Å². The first kappa shape index (κ1) is 12.0. The van der Waals surface area contributed by atoms with E-state index >= 15 is 0 Å². The monoisotopic (exact) mass is 256 g/mol. The Morgan fingerprint density at radius 3 is 2.35 bits per heavy atom. The molecule has 0 spiro atoms. The van der Waals surface area contributed by atoms with Crippen molar-refractivity contribution in [3.05, 3.63) is 18.0 Å². The number of sulfone groups is 1. The molecule has 2 rings (SSSR count). The second kappa shape index (κ2) is 4.40. The third-order valence-corrected chi connectivity index (χ3v) is 3.40. The van der Waals surface area contributed by atoms with E-state index in [1.165, 1.54) is 12.4 Å². The molecule has 1 saturated carbocycles. The Bertz CT molecular complexity index is 520. The maximum absolute atomic E-state index is 11.6. The Morgan fingerprint density at radius 1 is 1.35 bits per heavy atom. The standard InChI is InChI=1S/C10H12N2O4S/c1-17(14,15)10-11-5-7(6-12-10)9(13)16-8-3-2-4-8/h5-6,8H,2-4H2,1H3. The van der Waals surface area contributed by atoms with E-state index in [9.17, 15) is 13.2 Å². The second-order valence-corrected chi connectivity index (χ2v) is 5.89. The number of carbonyl (C=O) groups excluding carboxylic acids is 1. The molecule has 0 saturated heterocycles. The molecule has 0 unspecified atom stereocenters. The van der Waals surface area contributed by atoms with Crippen molar-refractivity contribution in [2.45, 2.75) is 30.5 Å². The summed E-state index contributed by atoms with van der Waals surface area (Å²) < 4.78 is 27.3. The van der Waals surface area contributed by atoms with Crippen molar-refractivity contribution in [3.8, 4) is 0 Å². The van der Waals surface area contributed by atoms with Crippen LogP contribution in [-0.2, 0) is 14.6 Å². The first-order valence-electron chi connectivity index (χ1n) is 5.20. The predicted molar refractivity (Wildman–Crippen MR) is 58.2 cm³/mol. The Kier molecular flexibility index (Phi) is 3.10.